The molecule has 0 radical (unpaired) electrons. The summed E-state index contributed by atoms with van der Waals surface area (Å²) in [6, 6.07) is 4.18. The maximum atomic E-state index is 5.91. The van der Waals surface area contributed by atoms with E-state index in [-0.39, 0.29) is 0 Å². The van der Waals surface area contributed by atoms with Crippen molar-refractivity contribution in [2.45, 2.75) is 52.4 Å². The normalized spacial score (nSPS) is 10.3. The van der Waals surface area contributed by atoms with Crippen LogP contribution in [0.4, 0.5) is 0 Å². The Morgan fingerprint density at radius 2 is 1.60 bits per heavy atom. The maximum absolute atomic E-state index is 5.91. The van der Waals surface area contributed by atoms with Gasteiger partial charge in [0.1, 0.15) is 5.75 Å². The fraction of sp³-hybridized carbons (Fsp3) is 0.474. The number of unbranched alkanes of at least 4 members (excludes halogenated alkanes) is 5. The third-order valence-corrected chi connectivity index (χ3v) is 3.59. The third-order valence-electron chi connectivity index (χ3n) is 3.59. The lowest BCUT2D eigenvalue weighted by molar-refractivity contribution is 0.303. The van der Waals surface area contributed by atoms with E-state index in [2.05, 4.69) is 39.1 Å². The van der Waals surface area contributed by atoms with Crippen molar-refractivity contribution in [2.24, 2.45) is 0 Å². The lowest BCUT2D eigenvalue weighted by atomic mass is 10.0. The average Bonchev–Trinajstić information content (AvgIpc) is 2.47. The van der Waals surface area contributed by atoms with Crippen molar-refractivity contribution in [3.63, 3.8) is 0 Å². The summed E-state index contributed by atoms with van der Waals surface area (Å²) < 4.78 is 5.91. The van der Waals surface area contributed by atoms with Crippen LogP contribution in [0.25, 0.3) is 12.2 Å². The molecule has 0 aliphatic carbocycles. The fourth-order valence-corrected chi connectivity index (χ4v) is 2.30. The molecule has 0 bridgehead atoms. The van der Waals surface area contributed by atoms with Crippen molar-refractivity contribution in [1.29, 1.82) is 0 Å². The number of ether oxygens (including phenoxy) is 1. The van der Waals surface area contributed by atoms with Crippen LogP contribution < -0.4 is 4.74 Å². The van der Waals surface area contributed by atoms with Crippen molar-refractivity contribution in [3.05, 3.63) is 42.0 Å². The zero-order valence-electron chi connectivity index (χ0n) is 13.1. The predicted molar refractivity (Wildman–Crippen MR) is 90.2 cm³/mol. The minimum Gasteiger partial charge on any atom is -0.493 e. The third kappa shape index (κ3) is 5.24. The molecule has 0 aliphatic heterocycles. The van der Waals surface area contributed by atoms with Crippen LogP contribution in [0.15, 0.2) is 25.3 Å². The molecule has 0 saturated carbocycles. The quantitative estimate of drug-likeness (QED) is 0.473. The van der Waals surface area contributed by atoms with Crippen molar-refractivity contribution in [2.75, 3.05) is 6.61 Å². The van der Waals surface area contributed by atoms with Gasteiger partial charge in [-0.2, -0.15) is 0 Å². The molecule has 20 heavy (non-hydrogen) atoms. The highest BCUT2D eigenvalue weighted by molar-refractivity contribution is 5.64. The Kier molecular flexibility index (Phi) is 7.79. The number of rotatable bonds is 10. The molecular weight excluding hydrogens is 244 g/mol. The highest BCUT2D eigenvalue weighted by Gasteiger charge is 2.04. The van der Waals surface area contributed by atoms with Crippen LogP contribution in [0.5, 0.6) is 5.75 Å². The Hall–Kier alpha value is -1.50. The standard InChI is InChI=1S/C19H28O/c1-5-8-9-10-11-12-13-20-19-15-17(6-2)16(4)14-18(19)7-3/h6-7,14-15H,2-3,5,8-13H2,1,4H3. The Bertz CT molecular complexity index is 432. The average molecular weight is 272 g/mol. The van der Waals surface area contributed by atoms with Gasteiger partial charge in [0.05, 0.1) is 6.61 Å². The summed E-state index contributed by atoms with van der Waals surface area (Å²) in [6.07, 6.45) is 11.4. The lowest BCUT2D eigenvalue weighted by Crippen LogP contribution is -2.00. The van der Waals surface area contributed by atoms with E-state index in [4.69, 9.17) is 4.74 Å². The number of hydrogen-bond donors (Lipinski definition) is 0. The van der Waals surface area contributed by atoms with Crippen LogP contribution >= 0.6 is 0 Å². The van der Waals surface area contributed by atoms with Gasteiger partial charge < -0.3 is 4.74 Å². The number of hydrogen-bond acceptors (Lipinski definition) is 1. The minimum absolute atomic E-state index is 0.784. The first-order valence-electron chi connectivity index (χ1n) is 7.75. The van der Waals surface area contributed by atoms with Crippen LogP contribution in [-0.4, -0.2) is 6.61 Å². The van der Waals surface area contributed by atoms with Crippen LogP contribution in [0.3, 0.4) is 0 Å². The molecule has 0 unspecified atom stereocenters. The van der Waals surface area contributed by atoms with E-state index < -0.39 is 0 Å². The Balaban J connectivity index is 2.46. The summed E-state index contributed by atoms with van der Waals surface area (Å²) in [5, 5.41) is 0. The van der Waals surface area contributed by atoms with Crippen molar-refractivity contribution >= 4 is 12.2 Å². The summed E-state index contributed by atoms with van der Waals surface area (Å²) in [7, 11) is 0. The van der Waals surface area contributed by atoms with Gasteiger partial charge in [0, 0.05) is 5.56 Å². The smallest absolute Gasteiger partial charge is 0.127 e. The van der Waals surface area contributed by atoms with Gasteiger partial charge in [-0.15, -0.1) is 0 Å². The monoisotopic (exact) mass is 272 g/mol. The van der Waals surface area contributed by atoms with E-state index in [1.165, 1.54) is 37.7 Å². The molecule has 0 spiro atoms. The highest BCUT2D eigenvalue weighted by Crippen LogP contribution is 2.25. The molecule has 0 saturated heterocycles. The second-order valence-electron chi connectivity index (χ2n) is 5.27. The molecule has 0 amide bonds. The van der Waals surface area contributed by atoms with Gasteiger partial charge in [-0.25, -0.2) is 0 Å². The first kappa shape index (κ1) is 16.6. The largest absolute Gasteiger partial charge is 0.493 e. The molecule has 1 aromatic rings. The molecule has 0 aliphatic rings. The summed E-state index contributed by atoms with van der Waals surface area (Å²) >= 11 is 0. The van der Waals surface area contributed by atoms with Crippen LogP contribution in [0.2, 0.25) is 0 Å². The van der Waals surface area contributed by atoms with Gasteiger partial charge in [-0.05, 0) is 36.6 Å². The molecule has 1 heteroatoms. The second-order valence-corrected chi connectivity index (χ2v) is 5.27. The van der Waals surface area contributed by atoms with E-state index in [1.807, 2.05) is 12.2 Å². The number of benzene rings is 1. The van der Waals surface area contributed by atoms with Crippen LogP contribution in [0.1, 0.15) is 62.1 Å². The summed E-state index contributed by atoms with van der Waals surface area (Å²) in [5.41, 5.74) is 3.41. The molecule has 1 rings (SSSR count). The molecule has 1 nitrogen and oxygen atoms in total. The zero-order valence-corrected chi connectivity index (χ0v) is 13.1. The first-order chi connectivity index (χ1) is 9.72. The number of aryl methyl sites for hydroxylation is 1. The topological polar surface area (TPSA) is 9.23 Å². The van der Waals surface area contributed by atoms with Crippen LogP contribution in [0, 0.1) is 6.92 Å². The van der Waals surface area contributed by atoms with Gasteiger partial charge in [-0.1, -0.05) is 64.3 Å². The van der Waals surface area contributed by atoms with Crippen molar-refractivity contribution < 1.29 is 4.74 Å². The van der Waals surface area contributed by atoms with Crippen molar-refractivity contribution in [1.82, 2.24) is 0 Å². The van der Waals surface area contributed by atoms with Crippen molar-refractivity contribution in [3.8, 4) is 5.75 Å². The fourth-order valence-electron chi connectivity index (χ4n) is 2.30. The molecule has 0 fully saturated rings. The van der Waals surface area contributed by atoms with Gasteiger partial charge in [0.25, 0.3) is 0 Å². The SMILES string of the molecule is C=Cc1cc(OCCCCCCCC)c(C=C)cc1C. The Morgan fingerprint density at radius 3 is 2.25 bits per heavy atom. The van der Waals surface area contributed by atoms with E-state index in [1.54, 1.807) is 0 Å². The van der Waals surface area contributed by atoms with E-state index in [0.29, 0.717) is 0 Å². The van der Waals surface area contributed by atoms with Crippen LogP contribution in [-0.2, 0) is 0 Å². The van der Waals surface area contributed by atoms with Gasteiger partial charge >= 0.3 is 0 Å². The molecule has 0 heterocycles. The molecule has 0 N–H and O–H groups in total. The van der Waals surface area contributed by atoms with E-state index >= 15 is 0 Å². The van der Waals surface area contributed by atoms with E-state index in [9.17, 15) is 0 Å². The molecule has 0 atom stereocenters. The van der Waals surface area contributed by atoms with Gasteiger partial charge in [0.15, 0.2) is 0 Å². The molecular formula is C19H28O. The molecule has 0 aromatic heterocycles. The zero-order chi connectivity index (χ0) is 14.8. The highest BCUT2D eigenvalue weighted by atomic mass is 16.5. The van der Waals surface area contributed by atoms with E-state index in [0.717, 1.165) is 29.9 Å². The molecule has 110 valence electrons. The summed E-state index contributed by atoms with van der Waals surface area (Å²) in [6.45, 7) is 12.8. The van der Waals surface area contributed by atoms with Gasteiger partial charge in [0.2, 0.25) is 0 Å². The second kappa shape index (κ2) is 9.41. The van der Waals surface area contributed by atoms with Gasteiger partial charge in [-0.3, -0.25) is 0 Å². The minimum atomic E-state index is 0.784. The predicted octanol–water partition coefficient (Wildman–Crippen LogP) is 6.02. The summed E-state index contributed by atoms with van der Waals surface area (Å²) in [4.78, 5) is 0. The Morgan fingerprint density at radius 1 is 0.950 bits per heavy atom. The summed E-state index contributed by atoms with van der Waals surface area (Å²) in [5.74, 6) is 0.925. The first-order valence-corrected chi connectivity index (χ1v) is 7.75. The lowest BCUT2D eigenvalue weighted by Gasteiger charge is -2.12. The maximum Gasteiger partial charge on any atom is 0.127 e. The Labute approximate surface area is 124 Å². The molecule has 1 aromatic carbocycles.